The first kappa shape index (κ1) is 10.2. The average molecular weight is 223 g/mol. The second-order valence-corrected chi connectivity index (χ2v) is 4.54. The van der Waals surface area contributed by atoms with Gasteiger partial charge in [0.25, 0.3) is 0 Å². The van der Waals surface area contributed by atoms with Crippen molar-refractivity contribution in [1.29, 1.82) is 0 Å². The molecule has 16 heavy (non-hydrogen) atoms. The van der Waals surface area contributed by atoms with Crippen LogP contribution in [-0.2, 0) is 11.3 Å². The maximum absolute atomic E-state index is 5.60. The third kappa shape index (κ3) is 2.41. The molecule has 1 atom stereocenters. The van der Waals surface area contributed by atoms with Crippen LogP contribution in [0.4, 0.5) is 0 Å². The minimum atomic E-state index is 0.0240. The van der Waals surface area contributed by atoms with Crippen LogP contribution >= 0.6 is 0 Å². The molecule has 1 aromatic heterocycles. The summed E-state index contributed by atoms with van der Waals surface area (Å²) in [5, 5.41) is 11.4. The van der Waals surface area contributed by atoms with Crippen molar-refractivity contribution in [1.82, 2.24) is 15.5 Å². The van der Waals surface area contributed by atoms with Gasteiger partial charge in [0.05, 0.1) is 6.54 Å². The first-order valence-corrected chi connectivity index (χ1v) is 6.09. The van der Waals surface area contributed by atoms with Crippen molar-refractivity contribution < 1.29 is 9.15 Å². The molecule has 1 aliphatic heterocycles. The molecule has 1 aromatic rings. The van der Waals surface area contributed by atoms with Gasteiger partial charge in [-0.05, 0) is 32.1 Å². The van der Waals surface area contributed by atoms with Crippen LogP contribution in [0.5, 0.6) is 0 Å². The van der Waals surface area contributed by atoms with E-state index in [1.54, 1.807) is 0 Å². The molecule has 1 saturated heterocycles. The Labute approximate surface area is 94.6 Å². The number of nitrogens with one attached hydrogen (secondary N) is 1. The van der Waals surface area contributed by atoms with Gasteiger partial charge in [0.2, 0.25) is 11.8 Å². The minimum Gasteiger partial charge on any atom is -0.421 e. The van der Waals surface area contributed by atoms with Gasteiger partial charge in [-0.25, -0.2) is 0 Å². The highest BCUT2D eigenvalue weighted by atomic mass is 16.5. The van der Waals surface area contributed by atoms with Crippen LogP contribution in [0.1, 0.15) is 50.0 Å². The summed E-state index contributed by atoms with van der Waals surface area (Å²) in [4.78, 5) is 0. The van der Waals surface area contributed by atoms with Gasteiger partial charge < -0.3 is 14.5 Å². The number of aromatic nitrogens is 2. The number of hydrogen-bond acceptors (Lipinski definition) is 5. The van der Waals surface area contributed by atoms with Gasteiger partial charge in [-0.15, -0.1) is 10.2 Å². The quantitative estimate of drug-likeness (QED) is 0.839. The van der Waals surface area contributed by atoms with E-state index in [1.807, 2.05) is 0 Å². The van der Waals surface area contributed by atoms with E-state index < -0.39 is 0 Å². The van der Waals surface area contributed by atoms with Gasteiger partial charge in [0.15, 0.2) is 0 Å². The lowest BCUT2D eigenvalue weighted by Crippen LogP contribution is -2.15. The second kappa shape index (κ2) is 4.51. The summed E-state index contributed by atoms with van der Waals surface area (Å²) in [6.45, 7) is 1.49. The summed E-state index contributed by atoms with van der Waals surface area (Å²) in [6, 6.07) is 0.668. The molecule has 88 valence electrons. The Hall–Kier alpha value is -0.940. The summed E-state index contributed by atoms with van der Waals surface area (Å²) >= 11 is 0. The summed E-state index contributed by atoms with van der Waals surface area (Å²) in [6.07, 6.45) is 5.89. The fourth-order valence-electron chi connectivity index (χ4n) is 1.92. The first-order chi connectivity index (χ1) is 7.92. The molecule has 5 nitrogen and oxygen atoms in total. The summed E-state index contributed by atoms with van der Waals surface area (Å²) in [7, 11) is 0. The standard InChI is InChI=1S/C11H17N3O2/c1-2-6-15-9(3-1)11-14-13-10(16-11)7-12-8-4-5-8/h8-9,12H,1-7H2. The Bertz CT molecular complexity index is 343. The lowest BCUT2D eigenvalue weighted by atomic mass is 10.1. The number of nitrogens with zero attached hydrogens (tertiary/aromatic N) is 2. The average Bonchev–Trinajstić information content (AvgIpc) is 3.05. The van der Waals surface area contributed by atoms with Crippen molar-refractivity contribution >= 4 is 0 Å². The van der Waals surface area contributed by atoms with Crippen molar-refractivity contribution in [3.05, 3.63) is 11.8 Å². The van der Waals surface area contributed by atoms with Gasteiger partial charge in [0.1, 0.15) is 6.10 Å². The van der Waals surface area contributed by atoms with Crippen molar-refractivity contribution in [2.24, 2.45) is 0 Å². The lowest BCUT2D eigenvalue weighted by molar-refractivity contribution is -0.00215. The van der Waals surface area contributed by atoms with Crippen LogP contribution in [0.2, 0.25) is 0 Å². The highest BCUT2D eigenvalue weighted by molar-refractivity contribution is 4.90. The van der Waals surface area contributed by atoms with E-state index in [0.717, 1.165) is 19.4 Å². The molecule has 0 radical (unpaired) electrons. The zero-order valence-electron chi connectivity index (χ0n) is 9.32. The molecule has 0 spiro atoms. The molecule has 2 heterocycles. The molecule has 0 bridgehead atoms. The van der Waals surface area contributed by atoms with E-state index in [-0.39, 0.29) is 6.10 Å². The number of rotatable bonds is 4. The molecule has 2 aliphatic rings. The highest BCUT2D eigenvalue weighted by Crippen LogP contribution is 2.26. The Kier molecular flexibility index (Phi) is 2.88. The van der Waals surface area contributed by atoms with Gasteiger partial charge in [-0.2, -0.15) is 0 Å². The van der Waals surface area contributed by atoms with Crippen molar-refractivity contribution in [3.63, 3.8) is 0 Å². The normalized spacial score (nSPS) is 25.9. The van der Waals surface area contributed by atoms with E-state index in [4.69, 9.17) is 9.15 Å². The molecule has 1 aliphatic carbocycles. The highest BCUT2D eigenvalue weighted by Gasteiger charge is 2.24. The van der Waals surface area contributed by atoms with Crippen LogP contribution in [0.25, 0.3) is 0 Å². The molecular weight excluding hydrogens is 206 g/mol. The van der Waals surface area contributed by atoms with Gasteiger partial charge >= 0.3 is 0 Å². The molecule has 3 rings (SSSR count). The SMILES string of the molecule is C1CCC(c2nnc(CNC3CC3)o2)OC1. The van der Waals surface area contributed by atoms with Crippen LogP contribution < -0.4 is 5.32 Å². The zero-order valence-corrected chi connectivity index (χ0v) is 9.32. The maximum Gasteiger partial charge on any atom is 0.245 e. The Morgan fingerprint density at radius 2 is 2.12 bits per heavy atom. The Balaban J connectivity index is 1.57. The van der Waals surface area contributed by atoms with E-state index in [9.17, 15) is 0 Å². The van der Waals surface area contributed by atoms with Gasteiger partial charge in [-0.3, -0.25) is 0 Å². The molecule has 5 heteroatoms. The van der Waals surface area contributed by atoms with E-state index in [1.165, 1.54) is 19.3 Å². The molecule has 1 N–H and O–H groups in total. The summed E-state index contributed by atoms with van der Waals surface area (Å²) in [5.41, 5.74) is 0. The van der Waals surface area contributed by atoms with E-state index >= 15 is 0 Å². The zero-order chi connectivity index (χ0) is 10.8. The number of hydrogen-bond donors (Lipinski definition) is 1. The number of ether oxygens (including phenoxy) is 1. The van der Waals surface area contributed by atoms with Crippen LogP contribution in [0.15, 0.2) is 4.42 Å². The molecule has 2 fully saturated rings. The molecule has 1 saturated carbocycles. The smallest absolute Gasteiger partial charge is 0.245 e. The minimum absolute atomic E-state index is 0.0240. The molecule has 1 unspecified atom stereocenters. The van der Waals surface area contributed by atoms with Crippen LogP contribution in [0, 0.1) is 0 Å². The monoisotopic (exact) mass is 223 g/mol. The first-order valence-electron chi connectivity index (χ1n) is 6.09. The van der Waals surface area contributed by atoms with Crippen molar-refractivity contribution in [3.8, 4) is 0 Å². The van der Waals surface area contributed by atoms with Crippen LogP contribution in [0.3, 0.4) is 0 Å². The fraction of sp³-hybridized carbons (Fsp3) is 0.818. The largest absolute Gasteiger partial charge is 0.421 e. The third-order valence-corrected chi connectivity index (χ3v) is 3.06. The summed E-state index contributed by atoms with van der Waals surface area (Å²) in [5.74, 6) is 1.32. The molecular formula is C11H17N3O2. The van der Waals surface area contributed by atoms with E-state index in [0.29, 0.717) is 24.4 Å². The van der Waals surface area contributed by atoms with Gasteiger partial charge in [-0.1, -0.05) is 0 Å². The third-order valence-electron chi connectivity index (χ3n) is 3.06. The van der Waals surface area contributed by atoms with Crippen molar-refractivity contribution in [2.45, 2.75) is 50.8 Å². The maximum atomic E-state index is 5.60. The topological polar surface area (TPSA) is 60.2 Å². The predicted molar refractivity (Wildman–Crippen MR) is 56.7 cm³/mol. The van der Waals surface area contributed by atoms with Gasteiger partial charge in [0, 0.05) is 12.6 Å². The Morgan fingerprint density at radius 1 is 1.19 bits per heavy atom. The second-order valence-electron chi connectivity index (χ2n) is 4.54. The molecule has 0 amide bonds. The van der Waals surface area contributed by atoms with E-state index in [2.05, 4.69) is 15.5 Å². The van der Waals surface area contributed by atoms with Crippen LogP contribution in [-0.4, -0.2) is 22.8 Å². The van der Waals surface area contributed by atoms with Crippen molar-refractivity contribution in [2.75, 3.05) is 6.61 Å². The Morgan fingerprint density at radius 3 is 2.88 bits per heavy atom. The predicted octanol–water partition coefficient (Wildman–Crippen LogP) is 1.56. The summed E-state index contributed by atoms with van der Waals surface area (Å²) < 4.78 is 11.2. The fourth-order valence-corrected chi connectivity index (χ4v) is 1.92. The lowest BCUT2D eigenvalue weighted by Gasteiger charge is -2.18. The molecule has 0 aromatic carbocycles.